The zero-order chi connectivity index (χ0) is 23.2. The van der Waals surface area contributed by atoms with Crippen LogP contribution in [0.4, 0.5) is 0 Å². The van der Waals surface area contributed by atoms with Crippen LogP contribution in [-0.4, -0.2) is 61.4 Å². The molecule has 0 heterocycles. The summed E-state index contributed by atoms with van der Waals surface area (Å²) in [4.78, 5) is 48.8. The number of methoxy groups -OCH3 is 1. The first-order valence-electron chi connectivity index (χ1n) is 10.2. The molecular formula is C22H33N3O5S. The van der Waals surface area contributed by atoms with Gasteiger partial charge in [0.15, 0.2) is 0 Å². The Balaban J connectivity index is 2.93. The molecule has 0 aliphatic heterocycles. The lowest BCUT2D eigenvalue weighted by atomic mass is 10.0. The third kappa shape index (κ3) is 9.87. The fourth-order valence-electron chi connectivity index (χ4n) is 3.04. The summed E-state index contributed by atoms with van der Waals surface area (Å²) in [5.41, 5.74) is 0.870. The number of amides is 3. The van der Waals surface area contributed by atoms with Crippen molar-refractivity contribution in [1.82, 2.24) is 16.0 Å². The average Bonchev–Trinajstić information content (AvgIpc) is 2.75. The second-order valence-corrected chi connectivity index (χ2v) is 8.57. The fraction of sp³-hybridized carbons (Fsp3) is 0.545. The van der Waals surface area contributed by atoms with Crippen molar-refractivity contribution in [2.24, 2.45) is 5.92 Å². The van der Waals surface area contributed by atoms with Crippen LogP contribution in [0.25, 0.3) is 0 Å². The van der Waals surface area contributed by atoms with E-state index in [9.17, 15) is 19.2 Å². The molecule has 0 spiro atoms. The second kappa shape index (κ2) is 14.5. The second-order valence-electron chi connectivity index (χ2n) is 7.58. The maximum atomic E-state index is 13.0. The number of carbonyl (C=O) groups excluding carboxylic acids is 4. The molecule has 0 aromatic heterocycles. The van der Waals surface area contributed by atoms with Crippen molar-refractivity contribution in [2.45, 2.75) is 51.2 Å². The minimum absolute atomic E-state index is 0.116. The van der Waals surface area contributed by atoms with Crippen LogP contribution >= 0.6 is 11.8 Å². The largest absolute Gasteiger partial charge is 0.467 e. The highest BCUT2D eigenvalue weighted by molar-refractivity contribution is 7.98. The monoisotopic (exact) mass is 451 g/mol. The van der Waals surface area contributed by atoms with Gasteiger partial charge in [-0.1, -0.05) is 44.2 Å². The molecule has 0 radical (unpaired) electrons. The number of benzene rings is 1. The molecule has 0 saturated carbocycles. The molecule has 3 N–H and O–H groups in total. The number of ether oxygens (including phenoxy) is 1. The van der Waals surface area contributed by atoms with Gasteiger partial charge in [0.1, 0.15) is 18.1 Å². The summed E-state index contributed by atoms with van der Waals surface area (Å²) < 4.78 is 4.85. The summed E-state index contributed by atoms with van der Waals surface area (Å²) in [7, 11) is 1.27. The van der Waals surface area contributed by atoms with Crippen molar-refractivity contribution in [2.75, 3.05) is 19.1 Å². The van der Waals surface area contributed by atoms with Crippen LogP contribution in [-0.2, 0) is 30.3 Å². The molecule has 1 aromatic rings. The summed E-state index contributed by atoms with van der Waals surface area (Å²) in [5, 5.41) is 7.96. The van der Waals surface area contributed by atoms with E-state index in [1.54, 1.807) is 11.8 Å². The van der Waals surface area contributed by atoms with E-state index in [1.165, 1.54) is 7.11 Å². The Kier molecular flexibility index (Phi) is 12.3. The minimum Gasteiger partial charge on any atom is -0.467 e. The molecule has 172 valence electrons. The van der Waals surface area contributed by atoms with Gasteiger partial charge in [0, 0.05) is 6.42 Å². The molecule has 0 aliphatic carbocycles. The predicted octanol–water partition coefficient (Wildman–Crippen LogP) is 1.29. The zero-order valence-corrected chi connectivity index (χ0v) is 19.4. The lowest BCUT2D eigenvalue weighted by molar-refractivity contribution is -0.145. The highest BCUT2D eigenvalue weighted by Crippen LogP contribution is 2.09. The van der Waals surface area contributed by atoms with Crippen LogP contribution in [0, 0.1) is 5.92 Å². The molecule has 1 rings (SSSR count). The van der Waals surface area contributed by atoms with Crippen molar-refractivity contribution in [3.8, 4) is 0 Å². The van der Waals surface area contributed by atoms with Crippen LogP contribution in [0.15, 0.2) is 30.3 Å². The summed E-state index contributed by atoms with van der Waals surface area (Å²) in [5.74, 6) is -0.665. The first kappa shape index (κ1) is 26.5. The predicted molar refractivity (Wildman–Crippen MR) is 121 cm³/mol. The van der Waals surface area contributed by atoms with Gasteiger partial charge in [0.05, 0.1) is 7.11 Å². The molecule has 8 nitrogen and oxygen atoms in total. The standard InChI is InChI=1S/C22H33N3O5S/c1-15(2)12-18(24-20(27)17(23-14-26)10-11-31-4)21(28)25-19(22(29)30-3)13-16-8-6-5-7-9-16/h5-9,14-15,17-19H,10-13H2,1-4H3,(H,23,26)(H,24,27)(H,25,28)/t17-,18-,19+/m1/s1. The lowest BCUT2D eigenvalue weighted by Crippen LogP contribution is -2.56. The summed E-state index contributed by atoms with van der Waals surface area (Å²) in [6, 6.07) is 6.82. The molecule has 31 heavy (non-hydrogen) atoms. The van der Waals surface area contributed by atoms with Crippen LogP contribution in [0.2, 0.25) is 0 Å². The van der Waals surface area contributed by atoms with Crippen molar-refractivity contribution >= 4 is 36.0 Å². The van der Waals surface area contributed by atoms with E-state index in [0.29, 0.717) is 25.0 Å². The van der Waals surface area contributed by atoms with Crippen molar-refractivity contribution in [3.63, 3.8) is 0 Å². The smallest absolute Gasteiger partial charge is 0.328 e. The molecule has 3 amide bonds. The third-order valence-corrected chi connectivity index (χ3v) is 5.27. The molecule has 0 aliphatic rings. The lowest BCUT2D eigenvalue weighted by Gasteiger charge is -2.25. The Bertz CT molecular complexity index is 714. The molecular weight excluding hydrogens is 418 g/mol. The average molecular weight is 452 g/mol. The van der Waals surface area contributed by atoms with E-state index < -0.39 is 35.9 Å². The number of thioether (sulfide) groups is 1. The van der Waals surface area contributed by atoms with Gasteiger partial charge >= 0.3 is 5.97 Å². The Morgan fingerprint density at radius 3 is 2.19 bits per heavy atom. The highest BCUT2D eigenvalue weighted by Gasteiger charge is 2.29. The van der Waals surface area contributed by atoms with Gasteiger partial charge in [-0.05, 0) is 36.3 Å². The number of hydrogen-bond acceptors (Lipinski definition) is 6. The highest BCUT2D eigenvalue weighted by atomic mass is 32.2. The van der Waals surface area contributed by atoms with Crippen molar-refractivity contribution < 1.29 is 23.9 Å². The first-order chi connectivity index (χ1) is 14.8. The van der Waals surface area contributed by atoms with Gasteiger partial charge in [-0.15, -0.1) is 0 Å². The molecule has 1 aromatic carbocycles. The Morgan fingerprint density at radius 1 is 1.03 bits per heavy atom. The number of hydrogen-bond donors (Lipinski definition) is 3. The topological polar surface area (TPSA) is 114 Å². The number of nitrogens with one attached hydrogen (secondary N) is 3. The van der Waals surface area contributed by atoms with Gasteiger partial charge in [0.25, 0.3) is 0 Å². The molecule has 0 unspecified atom stereocenters. The normalized spacial score (nSPS) is 13.6. The molecule has 0 bridgehead atoms. The fourth-order valence-corrected chi connectivity index (χ4v) is 3.51. The summed E-state index contributed by atoms with van der Waals surface area (Å²) >= 11 is 1.56. The van der Waals surface area contributed by atoms with Crippen molar-refractivity contribution in [1.29, 1.82) is 0 Å². The van der Waals surface area contributed by atoms with E-state index in [1.807, 2.05) is 50.4 Å². The Labute approximate surface area is 188 Å². The van der Waals surface area contributed by atoms with Crippen molar-refractivity contribution in [3.05, 3.63) is 35.9 Å². The van der Waals surface area contributed by atoms with Gasteiger partial charge in [-0.3, -0.25) is 14.4 Å². The van der Waals surface area contributed by atoms with E-state index in [2.05, 4.69) is 16.0 Å². The molecule has 9 heteroatoms. The van der Waals surface area contributed by atoms with E-state index in [4.69, 9.17) is 4.74 Å². The number of esters is 1. The van der Waals surface area contributed by atoms with Crippen LogP contribution < -0.4 is 16.0 Å². The summed E-state index contributed by atoms with van der Waals surface area (Å²) in [6.07, 6.45) is 3.48. The molecule has 3 atom stereocenters. The van der Waals surface area contributed by atoms with Gasteiger partial charge < -0.3 is 20.7 Å². The molecule has 0 fully saturated rings. The maximum absolute atomic E-state index is 13.0. The SMILES string of the molecule is COC(=O)[C@H](Cc1ccccc1)NC(=O)[C@@H](CC(C)C)NC(=O)[C@@H](CCSC)NC=O. The minimum atomic E-state index is -0.883. The van der Waals surface area contributed by atoms with Crippen LogP contribution in [0.1, 0.15) is 32.3 Å². The number of rotatable bonds is 14. The third-order valence-electron chi connectivity index (χ3n) is 4.62. The maximum Gasteiger partial charge on any atom is 0.328 e. The van der Waals surface area contributed by atoms with Crippen LogP contribution in [0.3, 0.4) is 0 Å². The first-order valence-corrected chi connectivity index (χ1v) is 11.6. The summed E-state index contributed by atoms with van der Waals surface area (Å²) in [6.45, 7) is 3.87. The van der Waals surface area contributed by atoms with E-state index >= 15 is 0 Å². The zero-order valence-electron chi connectivity index (χ0n) is 18.6. The van der Waals surface area contributed by atoms with E-state index in [-0.39, 0.29) is 12.3 Å². The molecule has 0 saturated heterocycles. The van der Waals surface area contributed by atoms with Crippen LogP contribution in [0.5, 0.6) is 0 Å². The number of carbonyl (C=O) groups is 4. The van der Waals surface area contributed by atoms with E-state index in [0.717, 1.165) is 5.56 Å². The Hall–Kier alpha value is -2.55. The van der Waals surface area contributed by atoms with Gasteiger partial charge in [-0.25, -0.2) is 4.79 Å². The quantitative estimate of drug-likeness (QED) is 0.290. The van der Waals surface area contributed by atoms with Gasteiger partial charge in [-0.2, -0.15) is 11.8 Å². The van der Waals surface area contributed by atoms with Gasteiger partial charge in [0.2, 0.25) is 18.2 Å². The Morgan fingerprint density at radius 2 is 1.65 bits per heavy atom.